The molecular formula is C15H22OS. The highest BCUT2D eigenvalue weighted by atomic mass is 32.2. The molecule has 0 saturated carbocycles. The molecular weight excluding hydrogens is 228 g/mol. The molecule has 1 atom stereocenters. The fourth-order valence-electron chi connectivity index (χ4n) is 1.80. The second-order valence-corrected chi connectivity index (χ2v) is 6.17. The van der Waals surface area contributed by atoms with Crippen LogP contribution in [0.3, 0.4) is 0 Å². The topological polar surface area (TPSA) is 17.1 Å². The standard InChI is InChI=1S/C15H22OS/c1-5-13(4)17-10-15(16)9-14-7-11(2)6-12(3)8-14/h6-8,13H,5,9-10H2,1-4H3. The zero-order chi connectivity index (χ0) is 12.8. The van der Waals surface area contributed by atoms with Gasteiger partial charge in [-0.25, -0.2) is 0 Å². The Morgan fingerprint density at radius 3 is 2.35 bits per heavy atom. The number of rotatable bonds is 6. The maximum Gasteiger partial charge on any atom is 0.147 e. The van der Waals surface area contributed by atoms with Gasteiger partial charge in [-0.2, -0.15) is 11.8 Å². The van der Waals surface area contributed by atoms with E-state index >= 15 is 0 Å². The molecule has 0 bridgehead atoms. The summed E-state index contributed by atoms with van der Waals surface area (Å²) in [6.45, 7) is 8.49. The smallest absolute Gasteiger partial charge is 0.147 e. The van der Waals surface area contributed by atoms with Crippen LogP contribution < -0.4 is 0 Å². The summed E-state index contributed by atoms with van der Waals surface area (Å²) in [6, 6.07) is 6.36. The number of benzene rings is 1. The first-order valence-corrected chi connectivity index (χ1v) is 7.26. The van der Waals surface area contributed by atoms with Crippen molar-refractivity contribution in [3.63, 3.8) is 0 Å². The van der Waals surface area contributed by atoms with E-state index < -0.39 is 0 Å². The fourth-order valence-corrected chi connectivity index (χ4v) is 2.61. The number of aryl methyl sites for hydroxylation is 2. The minimum Gasteiger partial charge on any atom is -0.298 e. The molecule has 1 aromatic rings. The summed E-state index contributed by atoms with van der Waals surface area (Å²) in [6.07, 6.45) is 1.70. The molecule has 1 rings (SSSR count). The molecule has 0 N–H and O–H groups in total. The lowest BCUT2D eigenvalue weighted by molar-refractivity contribution is -0.116. The average molecular weight is 250 g/mol. The zero-order valence-electron chi connectivity index (χ0n) is 11.2. The number of thioether (sulfide) groups is 1. The van der Waals surface area contributed by atoms with Crippen LogP contribution in [0, 0.1) is 13.8 Å². The van der Waals surface area contributed by atoms with Crippen LogP contribution in [0.15, 0.2) is 18.2 Å². The summed E-state index contributed by atoms with van der Waals surface area (Å²) in [5.74, 6) is 0.974. The molecule has 0 aromatic heterocycles. The van der Waals surface area contributed by atoms with Gasteiger partial charge in [-0.05, 0) is 25.8 Å². The number of carbonyl (C=O) groups excluding carboxylic acids is 1. The molecule has 0 saturated heterocycles. The number of hydrogen-bond donors (Lipinski definition) is 0. The van der Waals surface area contributed by atoms with Crippen LogP contribution in [0.4, 0.5) is 0 Å². The van der Waals surface area contributed by atoms with E-state index in [-0.39, 0.29) is 0 Å². The van der Waals surface area contributed by atoms with Gasteiger partial charge in [0.25, 0.3) is 0 Å². The van der Waals surface area contributed by atoms with Crippen LogP contribution in [0.2, 0.25) is 0 Å². The lowest BCUT2D eigenvalue weighted by Crippen LogP contribution is -2.08. The van der Waals surface area contributed by atoms with E-state index in [1.807, 2.05) is 0 Å². The maximum absolute atomic E-state index is 11.8. The molecule has 1 unspecified atom stereocenters. The van der Waals surface area contributed by atoms with Crippen LogP contribution in [0.25, 0.3) is 0 Å². The Morgan fingerprint density at radius 2 is 1.82 bits per heavy atom. The molecule has 1 aromatic carbocycles. The van der Waals surface area contributed by atoms with Gasteiger partial charge >= 0.3 is 0 Å². The summed E-state index contributed by atoms with van der Waals surface area (Å²) >= 11 is 1.76. The minimum atomic E-state index is 0.334. The Hall–Kier alpha value is -0.760. The average Bonchev–Trinajstić information content (AvgIpc) is 2.24. The van der Waals surface area contributed by atoms with Crippen molar-refractivity contribution in [2.24, 2.45) is 0 Å². The van der Waals surface area contributed by atoms with E-state index in [1.165, 1.54) is 11.1 Å². The second-order valence-electron chi connectivity index (χ2n) is 4.74. The third kappa shape index (κ3) is 5.40. The second kappa shape index (κ2) is 6.85. The molecule has 0 radical (unpaired) electrons. The molecule has 0 aliphatic carbocycles. The highest BCUT2D eigenvalue weighted by Crippen LogP contribution is 2.15. The number of carbonyl (C=O) groups is 1. The summed E-state index contributed by atoms with van der Waals surface area (Å²) in [7, 11) is 0. The Morgan fingerprint density at radius 1 is 1.24 bits per heavy atom. The first-order chi connectivity index (χ1) is 8.01. The van der Waals surface area contributed by atoms with Crippen molar-refractivity contribution in [2.45, 2.75) is 45.8 Å². The van der Waals surface area contributed by atoms with Gasteiger partial charge in [0.05, 0.1) is 5.75 Å². The van der Waals surface area contributed by atoms with Crippen molar-refractivity contribution in [3.8, 4) is 0 Å². The lowest BCUT2D eigenvalue weighted by atomic mass is 10.0. The van der Waals surface area contributed by atoms with E-state index in [0.717, 1.165) is 12.0 Å². The number of hydrogen-bond acceptors (Lipinski definition) is 2. The Bertz CT molecular complexity index is 364. The van der Waals surface area contributed by atoms with Gasteiger partial charge in [0.15, 0.2) is 0 Å². The van der Waals surface area contributed by atoms with Crippen molar-refractivity contribution in [1.29, 1.82) is 0 Å². The van der Waals surface area contributed by atoms with Crippen molar-refractivity contribution in [3.05, 3.63) is 34.9 Å². The first-order valence-electron chi connectivity index (χ1n) is 6.21. The largest absolute Gasteiger partial charge is 0.298 e. The highest BCUT2D eigenvalue weighted by molar-refractivity contribution is 8.00. The number of Topliss-reactive ketones (excluding diaryl/α,β-unsaturated/α-hetero) is 1. The SMILES string of the molecule is CCC(C)SCC(=O)Cc1cc(C)cc(C)c1. The predicted molar refractivity (Wildman–Crippen MR) is 76.8 cm³/mol. The van der Waals surface area contributed by atoms with Gasteiger partial charge in [-0.15, -0.1) is 0 Å². The normalized spacial score (nSPS) is 12.5. The van der Waals surface area contributed by atoms with Gasteiger partial charge in [0, 0.05) is 11.7 Å². The van der Waals surface area contributed by atoms with Crippen LogP contribution in [0.5, 0.6) is 0 Å². The lowest BCUT2D eigenvalue weighted by Gasteiger charge is -2.08. The van der Waals surface area contributed by atoms with E-state index in [0.29, 0.717) is 23.2 Å². The van der Waals surface area contributed by atoms with E-state index in [4.69, 9.17) is 0 Å². The molecule has 0 spiro atoms. The molecule has 0 aliphatic rings. The minimum absolute atomic E-state index is 0.334. The Labute approximate surface area is 109 Å². The Kier molecular flexibility index (Phi) is 5.76. The van der Waals surface area contributed by atoms with E-state index in [1.54, 1.807) is 11.8 Å². The third-order valence-corrected chi connectivity index (χ3v) is 4.18. The van der Waals surface area contributed by atoms with Gasteiger partial charge in [0.2, 0.25) is 0 Å². The number of ketones is 1. The van der Waals surface area contributed by atoms with Crippen LogP contribution in [0.1, 0.15) is 37.0 Å². The van der Waals surface area contributed by atoms with E-state index in [2.05, 4.69) is 45.9 Å². The maximum atomic E-state index is 11.8. The molecule has 0 heterocycles. The summed E-state index contributed by atoms with van der Waals surface area (Å²) in [4.78, 5) is 11.8. The van der Waals surface area contributed by atoms with Gasteiger partial charge < -0.3 is 0 Å². The quantitative estimate of drug-likeness (QED) is 0.760. The van der Waals surface area contributed by atoms with Gasteiger partial charge in [-0.3, -0.25) is 4.79 Å². The van der Waals surface area contributed by atoms with Crippen molar-refractivity contribution >= 4 is 17.5 Å². The predicted octanol–water partition coefficient (Wildman–Crippen LogP) is 3.95. The van der Waals surface area contributed by atoms with Crippen molar-refractivity contribution in [2.75, 3.05) is 5.75 Å². The van der Waals surface area contributed by atoms with Gasteiger partial charge in [0.1, 0.15) is 5.78 Å². The van der Waals surface area contributed by atoms with Crippen LogP contribution in [-0.4, -0.2) is 16.8 Å². The molecule has 2 heteroatoms. The molecule has 94 valence electrons. The molecule has 1 nitrogen and oxygen atoms in total. The molecule has 17 heavy (non-hydrogen) atoms. The van der Waals surface area contributed by atoms with Gasteiger partial charge in [-0.1, -0.05) is 43.2 Å². The van der Waals surface area contributed by atoms with Crippen molar-refractivity contribution < 1.29 is 4.79 Å². The summed E-state index contributed by atoms with van der Waals surface area (Å²) in [5.41, 5.74) is 3.63. The summed E-state index contributed by atoms with van der Waals surface area (Å²) < 4.78 is 0. The zero-order valence-corrected chi connectivity index (χ0v) is 12.1. The fraction of sp³-hybridized carbons (Fsp3) is 0.533. The highest BCUT2D eigenvalue weighted by Gasteiger charge is 2.07. The Balaban J connectivity index is 2.50. The summed E-state index contributed by atoms with van der Waals surface area (Å²) in [5, 5.41) is 0.582. The third-order valence-electron chi connectivity index (χ3n) is 2.79. The molecule has 0 fully saturated rings. The van der Waals surface area contributed by atoms with Crippen LogP contribution in [-0.2, 0) is 11.2 Å². The monoisotopic (exact) mass is 250 g/mol. The van der Waals surface area contributed by atoms with Crippen LogP contribution >= 0.6 is 11.8 Å². The van der Waals surface area contributed by atoms with E-state index in [9.17, 15) is 4.79 Å². The molecule has 0 amide bonds. The molecule has 0 aliphatic heterocycles. The first kappa shape index (κ1) is 14.3. The van der Waals surface area contributed by atoms with Crippen molar-refractivity contribution in [1.82, 2.24) is 0 Å².